The van der Waals surface area contributed by atoms with E-state index >= 15 is 0 Å². The summed E-state index contributed by atoms with van der Waals surface area (Å²) in [7, 11) is 1.81. The summed E-state index contributed by atoms with van der Waals surface area (Å²) in [4.78, 5) is 0. The van der Waals surface area contributed by atoms with Gasteiger partial charge in [-0.3, -0.25) is 0 Å². The molecular weight excluding hydrogens is 160 g/mol. The van der Waals surface area contributed by atoms with Crippen LogP contribution in [0.2, 0.25) is 0 Å². The van der Waals surface area contributed by atoms with Gasteiger partial charge in [-0.25, -0.2) is 0 Å². The average molecular weight is 186 g/mol. The van der Waals surface area contributed by atoms with Gasteiger partial charge < -0.3 is 4.74 Å². The molecule has 80 valence electrons. The zero-order chi connectivity index (χ0) is 9.94. The van der Waals surface area contributed by atoms with Crippen LogP contribution in [0.3, 0.4) is 0 Å². The molecule has 0 aromatic carbocycles. The fraction of sp³-hybridized carbons (Fsp3) is 1.00. The summed E-state index contributed by atoms with van der Waals surface area (Å²) in [5.41, 5.74) is 0. The van der Waals surface area contributed by atoms with Gasteiger partial charge in [0.05, 0.1) is 0 Å². The van der Waals surface area contributed by atoms with Crippen molar-refractivity contribution in [1.82, 2.24) is 0 Å². The van der Waals surface area contributed by atoms with Crippen molar-refractivity contribution in [2.75, 3.05) is 13.7 Å². The van der Waals surface area contributed by atoms with Gasteiger partial charge in [-0.05, 0) is 18.8 Å². The van der Waals surface area contributed by atoms with Crippen LogP contribution in [0.25, 0.3) is 0 Å². The van der Waals surface area contributed by atoms with Crippen LogP contribution in [0.1, 0.15) is 58.8 Å². The van der Waals surface area contributed by atoms with Gasteiger partial charge in [0, 0.05) is 13.7 Å². The lowest BCUT2D eigenvalue weighted by Crippen LogP contribution is -2.07. The third kappa shape index (κ3) is 8.29. The molecule has 0 bridgehead atoms. The van der Waals surface area contributed by atoms with E-state index < -0.39 is 0 Å². The Labute approximate surface area is 83.9 Å². The lowest BCUT2D eigenvalue weighted by atomic mass is 9.97. The maximum Gasteiger partial charge on any atom is 0.0490 e. The molecule has 0 fully saturated rings. The molecule has 0 spiro atoms. The molecule has 0 rings (SSSR count). The summed E-state index contributed by atoms with van der Waals surface area (Å²) in [5, 5.41) is 0. The van der Waals surface area contributed by atoms with Crippen molar-refractivity contribution in [2.24, 2.45) is 5.92 Å². The van der Waals surface area contributed by atoms with E-state index in [0.29, 0.717) is 0 Å². The Morgan fingerprint density at radius 3 is 2.23 bits per heavy atom. The molecule has 0 saturated heterocycles. The van der Waals surface area contributed by atoms with Crippen molar-refractivity contribution in [3.63, 3.8) is 0 Å². The Morgan fingerprint density at radius 2 is 1.69 bits per heavy atom. The number of hydrogen-bond donors (Lipinski definition) is 0. The van der Waals surface area contributed by atoms with Crippen molar-refractivity contribution in [3.8, 4) is 0 Å². The quantitative estimate of drug-likeness (QED) is 0.494. The van der Waals surface area contributed by atoms with E-state index in [1.54, 1.807) is 0 Å². The predicted molar refractivity (Wildman–Crippen MR) is 59.0 cm³/mol. The van der Waals surface area contributed by atoms with Crippen LogP contribution in [0.4, 0.5) is 0 Å². The Bertz CT molecular complexity index is 85.1. The normalized spacial score (nSPS) is 13.2. The summed E-state index contributed by atoms with van der Waals surface area (Å²) < 4.78 is 5.21. The van der Waals surface area contributed by atoms with Gasteiger partial charge in [-0.1, -0.05) is 46.0 Å². The zero-order valence-corrected chi connectivity index (χ0v) is 9.64. The van der Waals surface area contributed by atoms with E-state index in [2.05, 4.69) is 13.8 Å². The van der Waals surface area contributed by atoms with E-state index in [0.717, 1.165) is 12.5 Å². The molecule has 1 heteroatoms. The van der Waals surface area contributed by atoms with Gasteiger partial charge in [-0.2, -0.15) is 0 Å². The molecule has 0 aliphatic heterocycles. The fourth-order valence-corrected chi connectivity index (χ4v) is 1.81. The fourth-order valence-electron chi connectivity index (χ4n) is 1.81. The Kier molecular flexibility index (Phi) is 10.0. The molecule has 0 radical (unpaired) electrons. The molecule has 0 aromatic rings. The number of hydrogen-bond acceptors (Lipinski definition) is 1. The van der Waals surface area contributed by atoms with Crippen molar-refractivity contribution in [3.05, 3.63) is 0 Å². The maximum absolute atomic E-state index is 5.21. The Hall–Kier alpha value is -0.0400. The summed E-state index contributed by atoms with van der Waals surface area (Å²) >= 11 is 0. The largest absolute Gasteiger partial charge is 0.384 e. The second-order valence-electron chi connectivity index (χ2n) is 3.96. The van der Waals surface area contributed by atoms with Gasteiger partial charge >= 0.3 is 0 Å². The summed E-state index contributed by atoms with van der Waals surface area (Å²) in [5.74, 6) is 0.812. The minimum absolute atomic E-state index is 0.812. The van der Waals surface area contributed by atoms with Gasteiger partial charge in [0.15, 0.2) is 0 Å². The Morgan fingerprint density at radius 1 is 0.923 bits per heavy atom. The number of ether oxygens (including phenoxy) is 1. The molecule has 0 aliphatic carbocycles. The Balaban J connectivity index is 3.33. The highest BCUT2D eigenvalue weighted by Gasteiger charge is 2.06. The molecule has 1 unspecified atom stereocenters. The molecule has 0 heterocycles. The highest BCUT2D eigenvalue weighted by molar-refractivity contribution is 4.57. The van der Waals surface area contributed by atoms with E-state index in [4.69, 9.17) is 4.74 Å². The van der Waals surface area contributed by atoms with E-state index in [1.165, 1.54) is 44.9 Å². The average Bonchev–Trinajstić information content (AvgIpc) is 2.13. The number of unbranched alkanes of at least 4 members (excludes halogenated alkanes) is 3. The SMILES string of the molecule is CCCCCCC(CCC)COC. The number of rotatable bonds is 9. The molecule has 0 aromatic heterocycles. The van der Waals surface area contributed by atoms with E-state index in [9.17, 15) is 0 Å². The molecule has 1 atom stereocenters. The van der Waals surface area contributed by atoms with Crippen LogP contribution < -0.4 is 0 Å². The molecule has 1 nitrogen and oxygen atoms in total. The summed E-state index contributed by atoms with van der Waals surface area (Å²) in [6, 6.07) is 0. The van der Waals surface area contributed by atoms with E-state index in [1.807, 2.05) is 7.11 Å². The summed E-state index contributed by atoms with van der Waals surface area (Å²) in [6.45, 7) is 5.48. The minimum Gasteiger partial charge on any atom is -0.384 e. The molecular formula is C12H26O. The third-order valence-electron chi connectivity index (χ3n) is 2.57. The van der Waals surface area contributed by atoms with Gasteiger partial charge in [-0.15, -0.1) is 0 Å². The lowest BCUT2D eigenvalue weighted by Gasteiger charge is -2.14. The van der Waals surface area contributed by atoms with Crippen LogP contribution in [-0.2, 0) is 4.74 Å². The smallest absolute Gasteiger partial charge is 0.0490 e. The first-order valence-corrected chi connectivity index (χ1v) is 5.84. The molecule has 13 heavy (non-hydrogen) atoms. The molecule has 0 saturated carbocycles. The highest BCUT2D eigenvalue weighted by atomic mass is 16.5. The second kappa shape index (κ2) is 10.0. The lowest BCUT2D eigenvalue weighted by molar-refractivity contribution is 0.141. The van der Waals surface area contributed by atoms with Crippen LogP contribution in [0, 0.1) is 5.92 Å². The van der Waals surface area contributed by atoms with Crippen LogP contribution in [0.15, 0.2) is 0 Å². The standard InChI is InChI=1S/C12H26O/c1-4-6-7-8-10-12(9-5-2)11-13-3/h12H,4-11H2,1-3H3. The van der Waals surface area contributed by atoms with Crippen LogP contribution in [0.5, 0.6) is 0 Å². The van der Waals surface area contributed by atoms with Gasteiger partial charge in [0.2, 0.25) is 0 Å². The second-order valence-corrected chi connectivity index (χ2v) is 3.96. The highest BCUT2D eigenvalue weighted by Crippen LogP contribution is 2.16. The number of methoxy groups -OCH3 is 1. The maximum atomic E-state index is 5.21. The monoisotopic (exact) mass is 186 g/mol. The topological polar surface area (TPSA) is 9.23 Å². The van der Waals surface area contributed by atoms with Crippen molar-refractivity contribution < 1.29 is 4.74 Å². The third-order valence-corrected chi connectivity index (χ3v) is 2.57. The first kappa shape index (κ1) is 13.0. The van der Waals surface area contributed by atoms with Crippen molar-refractivity contribution >= 4 is 0 Å². The predicted octanol–water partition coefficient (Wildman–Crippen LogP) is 4.02. The molecule has 0 N–H and O–H groups in total. The molecule has 0 aliphatic rings. The minimum atomic E-state index is 0.812. The first-order valence-electron chi connectivity index (χ1n) is 5.84. The molecule has 0 amide bonds. The van der Waals surface area contributed by atoms with Gasteiger partial charge in [0.1, 0.15) is 0 Å². The van der Waals surface area contributed by atoms with E-state index in [-0.39, 0.29) is 0 Å². The summed E-state index contributed by atoms with van der Waals surface area (Å²) in [6.07, 6.45) is 9.51. The van der Waals surface area contributed by atoms with Gasteiger partial charge in [0.25, 0.3) is 0 Å². The van der Waals surface area contributed by atoms with Crippen molar-refractivity contribution in [1.29, 1.82) is 0 Å². The van der Waals surface area contributed by atoms with Crippen LogP contribution in [-0.4, -0.2) is 13.7 Å². The van der Waals surface area contributed by atoms with Crippen molar-refractivity contribution in [2.45, 2.75) is 58.8 Å². The zero-order valence-electron chi connectivity index (χ0n) is 9.64. The van der Waals surface area contributed by atoms with Crippen LogP contribution >= 0.6 is 0 Å². The first-order chi connectivity index (χ1) is 6.35.